The number of aliphatic hydroxyl groups is 1. The Bertz CT molecular complexity index is 590. The lowest BCUT2D eigenvalue weighted by molar-refractivity contribution is 0.0737. The van der Waals surface area contributed by atoms with Gasteiger partial charge in [-0.25, -0.2) is 17.2 Å². The molecule has 0 bridgehead atoms. The van der Waals surface area contributed by atoms with E-state index in [1.54, 1.807) is 0 Å². The minimum Gasteiger partial charge on any atom is -0.391 e. The lowest BCUT2D eigenvalue weighted by atomic mass is 10.2. The number of sulfonamides is 1. The Morgan fingerprint density at radius 3 is 2.48 bits per heavy atom. The van der Waals surface area contributed by atoms with Crippen LogP contribution in [0.1, 0.15) is 19.4 Å². The highest BCUT2D eigenvalue weighted by atomic mass is 32.2. The summed E-state index contributed by atoms with van der Waals surface area (Å²) >= 11 is 0. The highest BCUT2D eigenvalue weighted by molar-refractivity contribution is 7.89. The normalized spacial score (nSPS) is 12.4. The molecule has 0 amide bonds. The van der Waals surface area contributed by atoms with Crippen LogP contribution in [-0.2, 0) is 21.4 Å². The molecule has 0 fully saturated rings. The number of ether oxygens (including phenoxy) is 1. The van der Waals surface area contributed by atoms with Gasteiger partial charge in [-0.15, -0.1) is 0 Å². The van der Waals surface area contributed by atoms with E-state index >= 15 is 0 Å². The van der Waals surface area contributed by atoms with Crippen molar-refractivity contribution in [2.24, 2.45) is 0 Å². The lowest BCUT2D eigenvalue weighted by Gasteiger charge is -2.19. The summed E-state index contributed by atoms with van der Waals surface area (Å²) in [4.78, 5) is -0.667. The molecule has 0 aromatic heterocycles. The first-order valence-electron chi connectivity index (χ1n) is 6.37. The average Bonchev–Trinajstić information content (AvgIpc) is 2.38. The Morgan fingerprint density at radius 2 is 1.95 bits per heavy atom. The third kappa shape index (κ3) is 4.19. The fourth-order valence-corrected chi connectivity index (χ4v) is 2.87. The summed E-state index contributed by atoms with van der Waals surface area (Å²) in [5, 5.41) is 8.92. The maximum Gasteiger partial charge on any atom is 0.245 e. The van der Waals surface area contributed by atoms with E-state index in [2.05, 4.69) is 0 Å². The maximum atomic E-state index is 14.0. The van der Waals surface area contributed by atoms with Crippen molar-refractivity contribution in [2.45, 2.75) is 31.5 Å². The van der Waals surface area contributed by atoms with E-state index in [9.17, 15) is 17.2 Å². The van der Waals surface area contributed by atoms with Crippen molar-refractivity contribution in [2.75, 3.05) is 20.2 Å². The molecule has 21 heavy (non-hydrogen) atoms. The van der Waals surface area contributed by atoms with E-state index < -0.39 is 38.7 Å². The first-order valence-corrected chi connectivity index (χ1v) is 7.81. The van der Waals surface area contributed by atoms with Gasteiger partial charge in [-0.1, -0.05) is 0 Å². The molecule has 0 aliphatic heterocycles. The molecule has 0 unspecified atom stereocenters. The molecule has 0 atom stereocenters. The Morgan fingerprint density at radius 1 is 1.33 bits per heavy atom. The van der Waals surface area contributed by atoms with Crippen LogP contribution in [-0.4, -0.2) is 44.1 Å². The van der Waals surface area contributed by atoms with Crippen molar-refractivity contribution in [1.29, 1.82) is 0 Å². The first kappa shape index (κ1) is 18.0. The number of benzene rings is 1. The molecular formula is C13H19F2NO4S. The Labute approximate surface area is 123 Å². The van der Waals surface area contributed by atoms with Crippen molar-refractivity contribution >= 4 is 10.0 Å². The van der Waals surface area contributed by atoms with Crippen LogP contribution in [0.25, 0.3) is 0 Å². The van der Waals surface area contributed by atoms with Gasteiger partial charge in [0, 0.05) is 13.6 Å². The monoisotopic (exact) mass is 323 g/mol. The van der Waals surface area contributed by atoms with Crippen LogP contribution in [0.3, 0.4) is 0 Å². The van der Waals surface area contributed by atoms with E-state index in [1.807, 2.05) is 13.8 Å². The minimum absolute atomic E-state index is 0.0335. The third-order valence-corrected chi connectivity index (χ3v) is 4.73. The van der Waals surface area contributed by atoms with Crippen LogP contribution in [0.15, 0.2) is 17.0 Å². The fourth-order valence-electron chi connectivity index (χ4n) is 1.63. The quantitative estimate of drug-likeness (QED) is 0.826. The maximum absolute atomic E-state index is 14.0. The largest absolute Gasteiger partial charge is 0.391 e. The number of halogens is 2. The number of hydrogen-bond acceptors (Lipinski definition) is 4. The molecule has 120 valence electrons. The molecule has 1 aromatic rings. The van der Waals surface area contributed by atoms with E-state index in [1.165, 1.54) is 7.05 Å². The van der Waals surface area contributed by atoms with Crippen LogP contribution in [0, 0.1) is 11.6 Å². The molecule has 0 spiro atoms. The van der Waals surface area contributed by atoms with Crippen molar-refractivity contribution in [3.63, 3.8) is 0 Å². The summed E-state index contributed by atoms with van der Waals surface area (Å²) in [5.74, 6) is -2.26. The van der Waals surface area contributed by atoms with E-state index in [0.29, 0.717) is 0 Å². The summed E-state index contributed by atoms with van der Waals surface area (Å²) in [7, 11) is -2.84. The van der Waals surface area contributed by atoms with Gasteiger partial charge in [0.1, 0.15) is 10.7 Å². The molecule has 0 aliphatic carbocycles. The molecule has 1 aromatic carbocycles. The lowest BCUT2D eigenvalue weighted by Crippen LogP contribution is -2.31. The molecule has 0 aliphatic rings. The predicted octanol–water partition coefficient (Wildman–Crippen LogP) is 1.50. The molecule has 0 heterocycles. The van der Waals surface area contributed by atoms with Gasteiger partial charge in [0.2, 0.25) is 10.0 Å². The topological polar surface area (TPSA) is 66.8 Å². The predicted molar refractivity (Wildman–Crippen MR) is 73.2 cm³/mol. The Kier molecular flexibility index (Phi) is 6.21. The Hall–Kier alpha value is -1.09. The van der Waals surface area contributed by atoms with Crippen molar-refractivity contribution in [1.82, 2.24) is 4.31 Å². The van der Waals surface area contributed by atoms with E-state index in [0.717, 1.165) is 16.4 Å². The zero-order chi connectivity index (χ0) is 16.2. The molecule has 0 radical (unpaired) electrons. The van der Waals surface area contributed by atoms with Crippen LogP contribution in [0.2, 0.25) is 0 Å². The highest BCUT2D eigenvalue weighted by Gasteiger charge is 2.27. The molecule has 1 rings (SSSR count). The standard InChI is InChI=1S/C13H19F2NO4S/c1-9(2)20-7-6-16(3)21(18,19)12-5-4-11(14)10(8-17)13(12)15/h4-5,9,17H,6-8H2,1-3H3. The number of aliphatic hydroxyl groups excluding tert-OH is 1. The zero-order valence-corrected chi connectivity index (χ0v) is 13.0. The molecular weight excluding hydrogens is 304 g/mol. The Balaban J connectivity index is 3.03. The van der Waals surface area contributed by atoms with E-state index in [4.69, 9.17) is 9.84 Å². The zero-order valence-electron chi connectivity index (χ0n) is 12.1. The second kappa shape index (κ2) is 7.26. The summed E-state index contributed by atoms with van der Waals surface area (Å²) < 4.78 is 57.9. The summed E-state index contributed by atoms with van der Waals surface area (Å²) in [6.07, 6.45) is -0.0512. The average molecular weight is 323 g/mol. The van der Waals surface area contributed by atoms with Crippen molar-refractivity contribution in [3.8, 4) is 0 Å². The van der Waals surface area contributed by atoms with Gasteiger partial charge in [0.15, 0.2) is 5.82 Å². The third-order valence-electron chi connectivity index (χ3n) is 2.85. The number of nitrogens with zero attached hydrogens (tertiary/aromatic N) is 1. The van der Waals surface area contributed by atoms with Crippen molar-refractivity contribution in [3.05, 3.63) is 29.3 Å². The summed E-state index contributed by atoms with van der Waals surface area (Å²) in [6.45, 7) is 2.89. The summed E-state index contributed by atoms with van der Waals surface area (Å²) in [6, 6.07) is 1.67. The van der Waals surface area contributed by atoms with Gasteiger partial charge in [-0.3, -0.25) is 0 Å². The first-order chi connectivity index (χ1) is 9.71. The minimum atomic E-state index is -4.12. The smallest absolute Gasteiger partial charge is 0.245 e. The second-order valence-corrected chi connectivity index (χ2v) is 6.76. The number of likely N-dealkylation sites (N-methyl/N-ethyl adjacent to an activating group) is 1. The SMILES string of the molecule is CC(C)OCCN(C)S(=O)(=O)c1ccc(F)c(CO)c1F. The van der Waals surface area contributed by atoms with Gasteiger partial charge in [0.25, 0.3) is 0 Å². The van der Waals surface area contributed by atoms with Gasteiger partial charge in [-0.2, -0.15) is 4.31 Å². The molecule has 8 heteroatoms. The van der Waals surface area contributed by atoms with Crippen LogP contribution >= 0.6 is 0 Å². The van der Waals surface area contributed by atoms with Gasteiger partial charge in [0.05, 0.1) is 24.9 Å². The highest BCUT2D eigenvalue weighted by Crippen LogP contribution is 2.23. The molecule has 1 N–H and O–H groups in total. The summed E-state index contributed by atoms with van der Waals surface area (Å²) in [5.41, 5.74) is -0.664. The second-order valence-electron chi connectivity index (χ2n) is 4.74. The van der Waals surface area contributed by atoms with Crippen LogP contribution in [0.5, 0.6) is 0 Å². The fraction of sp³-hybridized carbons (Fsp3) is 0.538. The van der Waals surface area contributed by atoms with Gasteiger partial charge >= 0.3 is 0 Å². The van der Waals surface area contributed by atoms with Gasteiger partial charge in [-0.05, 0) is 26.0 Å². The number of hydrogen-bond donors (Lipinski definition) is 1. The number of rotatable bonds is 7. The van der Waals surface area contributed by atoms with E-state index in [-0.39, 0.29) is 19.3 Å². The molecule has 0 saturated carbocycles. The molecule has 0 saturated heterocycles. The molecule has 5 nitrogen and oxygen atoms in total. The van der Waals surface area contributed by atoms with Crippen LogP contribution < -0.4 is 0 Å². The van der Waals surface area contributed by atoms with Crippen LogP contribution in [0.4, 0.5) is 8.78 Å². The van der Waals surface area contributed by atoms with Gasteiger partial charge < -0.3 is 9.84 Å². The van der Waals surface area contributed by atoms with Crippen molar-refractivity contribution < 1.29 is 27.0 Å².